The number of carbonyl (C=O) groups excluding carboxylic acids is 1. The SMILES string of the molecule is Cn1cc(S(=O)(=O)NC2CCC(F)(F)C2)cc1C(=O)Nc1cc(F)c(F)c(Cl)c1. The van der Waals surface area contributed by atoms with Gasteiger partial charge in [0.15, 0.2) is 11.6 Å². The number of carbonyl (C=O) groups is 1. The van der Waals surface area contributed by atoms with Gasteiger partial charge in [-0.1, -0.05) is 11.6 Å². The van der Waals surface area contributed by atoms with Crippen LogP contribution in [-0.4, -0.2) is 30.9 Å². The number of alkyl halides is 2. The molecular formula is C17H16ClF4N3O3S. The van der Waals surface area contributed by atoms with Crippen LogP contribution in [0.15, 0.2) is 29.3 Å². The molecule has 29 heavy (non-hydrogen) atoms. The molecule has 0 spiro atoms. The van der Waals surface area contributed by atoms with Gasteiger partial charge in [0.1, 0.15) is 10.6 Å². The molecule has 1 aliphatic carbocycles. The van der Waals surface area contributed by atoms with Gasteiger partial charge in [-0.05, 0) is 18.6 Å². The van der Waals surface area contributed by atoms with Gasteiger partial charge >= 0.3 is 0 Å². The Bertz CT molecular complexity index is 1050. The van der Waals surface area contributed by atoms with Gasteiger partial charge in [-0.2, -0.15) is 0 Å². The molecule has 1 aromatic carbocycles. The van der Waals surface area contributed by atoms with Crippen molar-refractivity contribution >= 4 is 33.2 Å². The maximum Gasteiger partial charge on any atom is 0.272 e. The van der Waals surface area contributed by atoms with Crippen LogP contribution in [0.1, 0.15) is 29.8 Å². The lowest BCUT2D eigenvalue weighted by molar-refractivity contribution is 0.00760. The van der Waals surface area contributed by atoms with E-state index in [-0.39, 0.29) is 22.7 Å². The molecule has 1 aromatic heterocycles. The second-order valence-corrected chi connectivity index (χ2v) is 8.92. The van der Waals surface area contributed by atoms with Crippen LogP contribution in [-0.2, 0) is 17.1 Å². The molecule has 1 heterocycles. The van der Waals surface area contributed by atoms with Gasteiger partial charge in [0.2, 0.25) is 15.9 Å². The molecule has 2 aromatic rings. The van der Waals surface area contributed by atoms with Crippen LogP contribution in [0, 0.1) is 11.6 Å². The minimum absolute atomic E-state index is 0.00327. The van der Waals surface area contributed by atoms with E-state index in [4.69, 9.17) is 11.6 Å². The maximum atomic E-state index is 13.4. The van der Waals surface area contributed by atoms with Crippen molar-refractivity contribution in [3.8, 4) is 0 Å². The van der Waals surface area contributed by atoms with Crippen LogP contribution >= 0.6 is 11.6 Å². The Balaban J connectivity index is 1.78. The van der Waals surface area contributed by atoms with Crippen molar-refractivity contribution in [1.29, 1.82) is 0 Å². The number of anilines is 1. The van der Waals surface area contributed by atoms with Gasteiger partial charge < -0.3 is 9.88 Å². The first-order chi connectivity index (χ1) is 13.4. The van der Waals surface area contributed by atoms with Crippen LogP contribution in [0.3, 0.4) is 0 Å². The molecule has 1 fully saturated rings. The quantitative estimate of drug-likeness (QED) is 0.535. The van der Waals surface area contributed by atoms with E-state index in [2.05, 4.69) is 10.0 Å². The van der Waals surface area contributed by atoms with Crippen LogP contribution in [0.5, 0.6) is 0 Å². The Labute approximate surface area is 168 Å². The largest absolute Gasteiger partial charge is 0.345 e. The van der Waals surface area contributed by atoms with Crippen molar-refractivity contribution < 1.29 is 30.8 Å². The fourth-order valence-electron chi connectivity index (χ4n) is 3.07. The van der Waals surface area contributed by atoms with Crippen molar-refractivity contribution in [3.05, 3.63) is 46.7 Å². The molecule has 0 bridgehead atoms. The molecule has 158 valence electrons. The van der Waals surface area contributed by atoms with Crippen molar-refractivity contribution in [2.45, 2.75) is 36.1 Å². The fourth-order valence-corrected chi connectivity index (χ4v) is 4.62. The Kier molecular flexibility index (Phi) is 5.67. The lowest BCUT2D eigenvalue weighted by Gasteiger charge is -2.12. The molecule has 1 unspecified atom stereocenters. The normalized spacial score (nSPS) is 18.8. The highest BCUT2D eigenvalue weighted by molar-refractivity contribution is 7.89. The molecule has 3 rings (SSSR count). The first-order valence-electron chi connectivity index (χ1n) is 8.40. The summed E-state index contributed by atoms with van der Waals surface area (Å²) in [6.07, 6.45) is 0.147. The summed E-state index contributed by atoms with van der Waals surface area (Å²) in [6, 6.07) is 1.87. The number of nitrogens with zero attached hydrogens (tertiary/aromatic N) is 1. The van der Waals surface area contributed by atoms with Crippen LogP contribution < -0.4 is 10.0 Å². The number of hydrogen-bond acceptors (Lipinski definition) is 3. The summed E-state index contributed by atoms with van der Waals surface area (Å²) in [7, 11) is -2.74. The standard InChI is InChI=1S/C17H16ClF4N3O3S/c1-25-8-11(29(27,28)24-9-2-3-17(21,22)7-9)6-14(25)16(26)23-10-4-12(18)15(20)13(19)5-10/h4-6,8-9,24H,2-3,7H2,1H3,(H,23,26). The van der Waals surface area contributed by atoms with E-state index in [1.807, 2.05) is 0 Å². The van der Waals surface area contributed by atoms with Crippen molar-refractivity contribution in [1.82, 2.24) is 9.29 Å². The third-order valence-corrected chi connectivity index (χ3v) is 6.25. The summed E-state index contributed by atoms with van der Waals surface area (Å²) in [6.45, 7) is 0. The number of aryl methyl sites for hydroxylation is 1. The second kappa shape index (κ2) is 7.62. The van der Waals surface area contributed by atoms with Crippen LogP contribution in [0.25, 0.3) is 0 Å². The third kappa shape index (κ3) is 4.73. The number of sulfonamides is 1. The van der Waals surface area contributed by atoms with E-state index < -0.39 is 57.4 Å². The van der Waals surface area contributed by atoms with E-state index >= 15 is 0 Å². The molecule has 0 saturated heterocycles. The van der Waals surface area contributed by atoms with Gasteiger partial charge in [0.25, 0.3) is 5.91 Å². The number of nitrogens with one attached hydrogen (secondary N) is 2. The van der Waals surface area contributed by atoms with E-state index in [1.165, 1.54) is 11.6 Å². The molecule has 0 radical (unpaired) electrons. The number of amides is 1. The maximum absolute atomic E-state index is 13.4. The Morgan fingerprint density at radius 3 is 2.55 bits per heavy atom. The van der Waals surface area contributed by atoms with Crippen molar-refractivity contribution in [3.63, 3.8) is 0 Å². The number of benzene rings is 1. The Hall–Kier alpha value is -2.11. The third-order valence-electron chi connectivity index (χ3n) is 4.49. The molecule has 1 aliphatic rings. The summed E-state index contributed by atoms with van der Waals surface area (Å²) < 4.78 is 81.6. The Morgan fingerprint density at radius 1 is 1.28 bits per heavy atom. The van der Waals surface area contributed by atoms with E-state index in [0.29, 0.717) is 0 Å². The van der Waals surface area contributed by atoms with Crippen LogP contribution in [0.4, 0.5) is 23.2 Å². The van der Waals surface area contributed by atoms with Gasteiger partial charge in [0, 0.05) is 43.9 Å². The predicted molar refractivity (Wildman–Crippen MR) is 97.6 cm³/mol. The molecule has 1 saturated carbocycles. The molecule has 1 amide bonds. The summed E-state index contributed by atoms with van der Waals surface area (Å²) in [4.78, 5) is 12.1. The van der Waals surface area contributed by atoms with Gasteiger partial charge in [-0.25, -0.2) is 30.7 Å². The minimum atomic E-state index is -4.14. The summed E-state index contributed by atoms with van der Waals surface area (Å²) in [5, 5.41) is 1.76. The van der Waals surface area contributed by atoms with Gasteiger partial charge in [-0.15, -0.1) is 0 Å². The summed E-state index contributed by atoms with van der Waals surface area (Å²) in [5.74, 6) is -6.25. The van der Waals surface area contributed by atoms with E-state index in [1.54, 1.807) is 0 Å². The van der Waals surface area contributed by atoms with Gasteiger partial charge in [-0.3, -0.25) is 4.79 Å². The number of aromatic nitrogens is 1. The highest BCUT2D eigenvalue weighted by Gasteiger charge is 2.41. The van der Waals surface area contributed by atoms with Crippen molar-refractivity contribution in [2.24, 2.45) is 7.05 Å². The zero-order valence-corrected chi connectivity index (χ0v) is 16.6. The second-order valence-electron chi connectivity index (χ2n) is 6.80. The fraction of sp³-hybridized carbons (Fsp3) is 0.353. The first kappa shape index (κ1) is 21.6. The summed E-state index contributed by atoms with van der Waals surface area (Å²) >= 11 is 5.53. The average Bonchev–Trinajstić information content (AvgIpc) is 3.14. The molecular weight excluding hydrogens is 438 g/mol. The monoisotopic (exact) mass is 453 g/mol. The topological polar surface area (TPSA) is 80.2 Å². The predicted octanol–water partition coefficient (Wildman–Crippen LogP) is 3.68. The molecule has 6 nitrogen and oxygen atoms in total. The number of hydrogen-bond donors (Lipinski definition) is 2. The average molecular weight is 454 g/mol. The minimum Gasteiger partial charge on any atom is -0.345 e. The van der Waals surface area contributed by atoms with Crippen LogP contribution in [0.2, 0.25) is 5.02 Å². The number of rotatable bonds is 5. The molecule has 0 aliphatic heterocycles. The lowest BCUT2D eigenvalue weighted by atomic mass is 10.3. The molecule has 1 atom stereocenters. The first-order valence-corrected chi connectivity index (χ1v) is 10.3. The lowest BCUT2D eigenvalue weighted by Crippen LogP contribution is -2.33. The van der Waals surface area contributed by atoms with E-state index in [9.17, 15) is 30.8 Å². The molecule has 12 heteroatoms. The highest BCUT2D eigenvalue weighted by Crippen LogP contribution is 2.35. The highest BCUT2D eigenvalue weighted by atomic mass is 35.5. The summed E-state index contributed by atoms with van der Waals surface area (Å²) in [5.41, 5.74) is -0.237. The number of halogens is 5. The molecule has 2 N–H and O–H groups in total. The van der Waals surface area contributed by atoms with Crippen molar-refractivity contribution in [2.75, 3.05) is 5.32 Å². The smallest absolute Gasteiger partial charge is 0.272 e. The zero-order chi connectivity index (χ0) is 21.6. The Morgan fingerprint density at radius 2 is 1.97 bits per heavy atom. The van der Waals surface area contributed by atoms with Gasteiger partial charge in [0.05, 0.1) is 5.02 Å². The zero-order valence-electron chi connectivity index (χ0n) is 15.0. The van der Waals surface area contributed by atoms with E-state index in [0.717, 1.165) is 24.4 Å².